The zero-order valence-electron chi connectivity index (χ0n) is 26.0. The van der Waals surface area contributed by atoms with Gasteiger partial charge in [0.2, 0.25) is 0 Å². The highest BCUT2D eigenvalue weighted by Gasteiger charge is 2.31. The Balaban J connectivity index is 0.864. The average molecular weight is 575 g/mol. The van der Waals surface area contributed by atoms with Crippen LogP contribution in [-0.4, -0.2) is 79.6 Å². The number of nitrogens with zero attached hydrogens (tertiary/aromatic N) is 4. The van der Waals surface area contributed by atoms with Crippen LogP contribution >= 0.6 is 0 Å². The summed E-state index contributed by atoms with van der Waals surface area (Å²) in [6.07, 6.45) is 12.0. The van der Waals surface area contributed by atoms with Crippen molar-refractivity contribution in [2.75, 3.05) is 63.8 Å². The van der Waals surface area contributed by atoms with E-state index >= 15 is 0 Å². The molecule has 0 aromatic heterocycles. The number of benzene rings is 3. The lowest BCUT2D eigenvalue weighted by molar-refractivity contribution is 0.0985. The molecule has 1 aliphatic carbocycles. The van der Waals surface area contributed by atoms with Crippen LogP contribution in [0.2, 0.25) is 0 Å². The van der Waals surface area contributed by atoms with Crippen LogP contribution in [0.4, 0.5) is 5.69 Å². The third-order valence-corrected chi connectivity index (χ3v) is 10.8. The van der Waals surface area contributed by atoms with Crippen LogP contribution in [-0.2, 0) is 0 Å². The second kappa shape index (κ2) is 13.8. The number of piperazine rings is 1. The Bertz CT molecular complexity index is 1280. The van der Waals surface area contributed by atoms with Gasteiger partial charge in [0.25, 0.3) is 0 Å². The van der Waals surface area contributed by atoms with Gasteiger partial charge in [0.1, 0.15) is 0 Å². The second-order valence-electron chi connectivity index (χ2n) is 13.4. The number of piperidine rings is 1. The van der Waals surface area contributed by atoms with Crippen molar-refractivity contribution in [1.29, 1.82) is 0 Å². The van der Waals surface area contributed by atoms with Gasteiger partial charge in [0.05, 0.1) is 12.1 Å². The second-order valence-corrected chi connectivity index (χ2v) is 13.4. The zero-order chi connectivity index (χ0) is 28.8. The van der Waals surface area contributed by atoms with Crippen molar-refractivity contribution in [2.24, 2.45) is 5.92 Å². The van der Waals surface area contributed by atoms with Gasteiger partial charge in [0, 0.05) is 45.0 Å². The fourth-order valence-corrected chi connectivity index (χ4v) is 8.30. The van der Waals surface area contributed by atoms with Crippen molar-refractivity contribution >= 4 is 11.8 Å². The Hall–Kier alpha value is -2.92. The van der Waals surface area contributed by atoms with E-state index in [0.29, 0.717) is 12.1 Å². The third kappa shape index (κ3) is 6.77. The number of para-hydroxylation sites is 1. The molecule has 43 heavy (non-hydrogen) atoms. The molecule has 1 saturated carbocycles. The van der Waals surface area contributed by atoms with E-state index in [1.165, 1.54) is 113 Å². The molecule has 4 aliphatic rings. The first-order valence-electron chi connectivity index (χ1n) is 17.2. The van der Waals surface area contributed by atoms with Crippen molar-refractivity contribution < 1.29 is 0 Å². The Labute approximate surface area is 260 Å². The van der Waals surface area contributed by atoms with Gasteiger partial charge in [-0.05, 0) is 92.4 Å². The van der Waals surface area contributed by atoms with Crippen molar-refractivity contribution in [3.05, 3.63) is 107 Å². The predicted molar refractivity (Wildman–Crippen MR) is 181 cm³/mol. The van der Waals surface area contributed by atoms with Crippen LogP contribution in [0.5, 0.6) is 0 Å². The molecule has 226 valence electrons. The molecule has 0 bridgehead atoms. The summed E-state index contributed by atoms with van der Waals surface area (Å²) in [6, 6.07) is 32.3. The van der Waals surface area contributed by atoms with E-state index in [9.17, 15) is 0 Å². The smallest absolute Gasteiger partial charge is 0.0602 e. The van der Waals surface area contributed by atoms with Crippen molar-refractivity contribution in [3.8, 4) is 0 Å². The fourth-order valence-electron chi connectivity index (χ4n) is 8.30. The molecular weight excluding hydrogens is 524 g/mol. The van der Waals surface area contributed by atoms with Crippen molar-refractivity contribution in [2.45, 2.75) is 57.0 Å². The van der Waals surface area contributed by atoms with Gasteiger partial charge in [-0.3, -0.25) is 4.90 Å². The minimum Gasteiger partial charge on any atom is -0.363 e. The maximum absolute atomic E-state index is 2.76. The molecule has 3 aliphatic heterocycles. The molecule has 0 spiro atoms. The molecule has 1 atom stereocenters. The molecule has 4 heteroatoms. The molecule has 3 heterocycles. The van der Waals surface area contributed by atoms with Crippen LogP contribution in [0.1, 0.15) is 67.7 Å². The molecule has 7 rings (SSSR count). The van der Waals surface area contributed by atoms with Gasteiger partial charge in [-0.25, -0.2) is 0 Å². The molecule has 0 N–H and O–H groups in total. The summed E-state index contributed by atoms with van der Waals surface area (Å²) >= 11 is 0. The molecule has 3 fully saturated rings. The summed E-state index contributed by atoms with van der Waals surface area (Å²) in [5, 5.41) is 0. The first-order chi connectivity index (χ1) is 21.3. The summed E-state index contributed by atoms with van der Waals surface area (Å²) in [5.41, 5.74) is 7.40. The molecular formula is C39H50N4. The Morgan fingerprint density at radius 3 is 1.98 bits per heavy atom. The maximum atomic E-state index is 2.76. The SMILES string of the molecule is C1=C2CCCCC2N(CCN2CCC(CCN3CCN(C(c4ccccc4)c4ccccc4)CC3)CC2)c2ccccc21. The van der Waals surface area contributed by atoms with Crippen LogP contribution in [0, 0.1) is 5.92 Å². The van der Waals surface area contributed by atoms with Crippen LogP contribution < -0.4 is 4.90 Å². The summed E-state index contributed by atoms with van der Waals surface area (Å²) in [4.78, 5) is 11.0. The normalized spacial score (nSPS) is 22.3. The van der Waals surface area contributed by atoms with E-state index in [1.54, 1.807) is 5.57 Å². The van der Waals surface area contributed by atoms with E-state index in [2.05, 4.69) is 111 Å². The number of fused-ring (bicyclic) bond motifs is 2. The van der Waals surface area contributed by atoms with E-state index in [0.717, 1.165) is 19.0 Å². The summed E-state index contributed by atoms with van der Waals surface area (Å²) in [6.45, 7) is 10.8. The summed E-state index contributed by atoms with van der Waals surface area (Å²) in [5.74, 6) is 0.888. The van der Waals surface area contributed by atoms with Crippen LogP contribution in [0.15, 0.2) is 90.5 Å². The zero-order valence-corrected chi connectivity index (χ0v) is 26.0. The Morgan fingerprint density at radius 2 is 1.26 bits per heavy atom. The van der Waals surface area contributed by atoms with Gasteiger partial charge in [-0.2, -0.15) is 0 Å². The molecule has 1 unspecified atom stereocenters. The first kappa shape index (κ1) is 28.8. The third-order valence-electron chi connectivity index (χ3n) is 10.8. The first-order valence-corrected chi connectivity index (χ1v) is 17.2. The Kier molecular flexibility index (Phi) is 9.25. The monoisotopic (exact) mass is 574 g/mol. The average Bonchev–Trinajstić information content (AvgIpc) is 3.08. The highest BCUT2D eigenvalue weighted by atomic mass is 15.3. The van der Waals surface area contributed by atoms with E-state index in [4.69, 9.17) is 0 Å². The summed E-state index contributed by atoms with van der Waals surface area (Å²) in [7, 11) is 0. The lowest BCUT2D eigenvalue weighted by atomic mass is 9.84. The quantitative estimate of drug-likeness (QED) is 0.265. The fraction of sp³-hybridized carbons (Fsp3) is 0.487. The van der Waals surface area contributed by atoms with Gasteiger partial charge >= 0.3 is 0 Å². The van der Waals surface area contributed by atoms with Gasteiger partial charge < -0.3 is 14.7 Å². The van der Waals surface area contributed by atoms with Crippen molar-refractivity contribution in [3.63, 3.8) is 0 Å². The standard InChI is InChI=1S/C39H50N4/c1-3-11-33(12-4-1)39(34-13-5-2-6-14-34)42-28-25-41(26-29-42)24-21-32-19-22-40(23-20-32)27-30-43-37-17-9-7-15-35(37)31-36-16-8-10-18-38(36)43/h1-7,9,11-15,17,31-32,38-39H,8,10,16,18-30H2. The lowest BCUT2D eigenvalue weighted by Gasteiger charge is -2.43. The minimum absolute atomic E-state index is 0.355. The highest BCUT2D eigenvalue weighted by Crippen LogP contribution is 2.39. The van der Waals surface area contributed by atoms with Crippen LogP contribution in [0.3, 0.4) is 0 Å². The highest BCUT2D eigenvalue weighted by molar-refractivity contribution is 5.74. The predicted octanol–water partition coefficient (Wildman–Crippen LogP) is 7.34. The van der Waals surface area contributed by atoms with Gasteiger partial charge in [-0.15, -0.1) is 0 Å². The molecule has 3 aromatic rings. The van der Waals surface area contributed by atoms with Gasteiger partial charge in [-0.1, -0.05) is 91.4 Å². The lowest BCUT2D eigenvalue weighted by Crippen LogP contribution is -2.48. The molecule has 4 nitrogen and oxygen atoms in total. The number of rotatable bonds is 9. The van der Waals surface area contributed by atoms with E-state index in [-0.39, 0.29) is 0 Å². The number of anilines is 1. The number of likely N-dealkylation sites (tertiary alicyclic amines) is 1. The van der Waals surface area contributed by atoms with E-state index in [1.807, 2.05) is 0 Å². The number of hydrogen-bond acceptors (Lipinski definition) is 4. The molecule has 3 aromatic carbocycles. The van der Waals surface area contributed by atoms with Gasteiger partial charge in [0.15, 0.2) is 0 Å². The van der Waals surface area contributed by atoms with Crippen molar-refractivity contribution in [1.82, 2.24) is 14.7 Å². The summed E-state index contributed by atoms with van der Waals surface area (Å²) < 4.78 is 0. The minimum atomic E-state index is 0.355. The molecule has 0 amide bonds. The Morgan fingerprint density at radius 1 is 0.605 bits per heavy atom. The van der Waals surface area contributed by atoms with Crippen LogP contribution in [0.25, 0.3) is 6.08 Å². The topological polar surface area (TPSA) is 13.0 Å². The largest absolute Gasteiger partial charge is 0.363 e. The molecule has 0 radical (unpaired) electrons. The molecule has 2 saturated heterocycles. The van der Waals surface area contributed by atoms with E-state index < -0.39 is 0 Å². The number of hydrogen-bond donors (Lipinski definition) is 0. The maximum Gasteiger partial charge on any atom is 0.0602 e.